The lowest BCUT2D eigenvalue weighted by atomic mass is 9.92. The standard InChI is InChI=1S/C21H25N3O5S/c1-22-21(26)19-13-16-10-11-18(23-30(27,28)29)12-17(16)14-24(19)20(25)9-5-8-15-6-3-2-4-7-15/h2-4,6-7,10-12,19,23H,5,8-9,13-14H2,1H3,(H,22,26)(H,27,28,29)/p-1/t19-/m0/s1. The van der Waals surface area contributed by atoms with Crippen LogP contribution in [0, 0.1) is 0 Å². The van der Waals surface area contributed by atoms with Crippen molar-refractivity contribution in [3.8, 4) is 0 Å². The number of anilines is 1. The number of carbonyl (C=O) groups is 2. The second-order valence-electron chi connectivity index (χ2n) is 7.23. The highest BCUT2D eigenvalue weighted by atomic mass is 32.2. The van der Waals surface area contributed by atoms with Gasteiger partial charge in [-0.2, -0.15) is 0 Å². The minimum absolute atomic E-state index is 0.138. The van der Waals surface area contributed by atoms with Gasteiger partial charge in [0.2, 0.25) is 11.8 Å². The molecule has 0 bridgehead atoms. The minimum Gasteiger partial charge on any atom is -0.731 e. The third kappa shape index (κ3) is 5.58. The molecule has 9 heteroatoms. The van der Waals surface area contributed by atoms with Crippen LogP contribution in [0.3, 0.4) is 0 Å². The zero-order valence-electron chi connectivity index (χ0n) is 16.6. The molecule has 0 spiro atoms. The second-order valence-corrected chi connectivity index (χ2v) is 8.35. The van der Waals surface area contributed by atoms with E-state index >= 15 is 0 Å². The highest BCUT2D eigenvalue weighted by molar-refractivity contribution is 7.87. The average Bonchev–Trinajstić information content (AvgIpc) is 2.71. The van der Waals surface area contributed by atoms with Crippen LogP contribution in [0.5, 0.6) is 0 Å². The fourth-order valence-electron chi connectivity index (χ4n) is 3.69. The third-order valence-electron chi connectivity index (χ3n) is 5.15. The van der Waals surface area contributed by atoms with E-state index in [1.165, 1.54) is 24.1 Å². The smallest absolute Gasteiger partial charge is 0.242 e. The molecule has 160 valence electrons. The topological polar surface area (TPSA) is 119 Å². The normalized spacial score (nSPS) is 15.9. The summed E-state index contributed by atoms with van der Waals surface area (Å²) < 4.78 is 34.8. The molecule has 0 saturated heterocycles. The molecule has 3 rings (SSSR count). The van der Waals surface area contributed by atoms with Gasteiger partial charge in [-0.25, -0.2) is 8.42 Å². The molecule has 1 atom stereocenters. The fourth-order valence-corrected chi connectivity index (χ4v) is 4.10. The van der Waals surface area contributed by atoms with Crippen molar-refractivity contribution in [3.63, 3.8) is 0 Å². The van der Waals surface area contributed by atoms with Crippen LogP contribution in [0.1, 0.15) is 29.5 Å². The maximum Gasteiger partial charge on any atom is 0.242 e. The Kier molecular flexibility index (Phi) is 6.73. The van der Waals surface area contributed by atoms with Gasteiger partial charge in [-0.05, 0) is 41.7 Å². The lowest BCUT2D eigenvalue weighted by molar-refractivity contribution is -0.141. The van der Waals surface area contributed by atoms with Crippen LogP contribution >= 0.6 is 0 Å². The van der Waals surface area contributed by atoms with E-state index in [-0.39, 0.29) is 24.0 Å². The van der Waals surface area contributed by atoms with E-state index in [4.69, 9.17) is 0 Å². The molecular formula is C21H24N3O5S-. The second kappa shape index (κ2) is 9.27. The van der Waals surface area contributed by atoms with Gasteiger partial charge in [0.15, 0.2) is 10.3 Å². The van der Waals surface area contributed by atoms with Crippen molar-refractivity contribution >= 4 is 27.8 Å². The summed E-state index contributed by atoms with van der Waals surface area (Å²) in [5.41, 5.74) is 2.83. The molecule has 0 saturated carbocycles. The van der Waals surface area contributed by atoms with E-state index in [2.05, 4.69) is 5.32 Å². The van der Waals surface area contributed by atoms with Crippen molar-refractivity contribution in [2.75, 3.05) is 11.8 Å². The highest BCUT2D eigenvalue weighted by Crippen LogP contribution is 2.27. The maximum atomic E-state index is 12.9. The number of nitrogens with zero attached hydrogens (tertiary/aromatic N) is 1. The van der Waals surface area contributed by atoms with Crippen molar-refractivity contribution in [2.24, 2.45) is 0 Å². The van der Waals surface area contributed by atoms with E-state index in [9.17, 15) is 22.6 Å². The van der Waals surface area contributed by atoms with Gasteiger partial charge in [0.1, 0.15) is 6.04 Å². The van der Waals surface area contributed by atoms with Crippen molar-refractivity contribution in [2.45, 2.75) is 38.3 Å². The quantitative estimate of drug-likeness (QED) is 0.647. The van der Waals surface area contributed by atoms with Gasteiger partial charge in [0.25, 0.3) is 0 Å². The Bertz CT molecular complexity index is 1020. The molecule has 2 aromatic rings. The third-order valence-corrected chi connectivity index (χ3v) is 5.63. The molecule has 8 nitrogen and oxygen atoms in total. The number of benzene rings is 2. The molecule has 0 unspecified atom stereocenters. The van der Waals surface area contributed by atoms with Gasteiger partial charge in [0, 0.05) is 32.1 Å². The molecule has 2 amide bonds. The van der Waals surface area contributed by atoms with Gasteiger partial charge >= 0.3 is 0 Å². The molecule has 2 N–H and O–H groups in total. The van der Waals surface area contributed by atoms with Crippen LogP contribution in [0.4, 0.5) is 5.69 Å². The Morgan fingerprint density at radius 2 is 1.87 bits per heavy atom. The molecule has 0 radical (unpaired) electrons. The maximum absolute atomic E-state index is 12.9. The molecule has 0 aromatic heterocycles. The Balaban J connectivity index is 1.75. The van der Waals surface area contributed by atoms with E-state index in [0.29, 0.717) is 24.8 Å². The lowest BCUT2D eigenvalue weighted by Crippen LogP contribution is -2.51. The summed E-state index contributed by atoms with van der Waals surface area (Å²) in [4.78, 5) is 26.9. The number of rotatable bonds is 7. The zero-order chi connectivity index (χ0) is 21.7. The molecule has 1 heterocycles. The van der Waals surface area contributed by atoms with Crippen LogP contribution in [0.25, 0.3) is 0 Å². The molecule has 0 aliphatic carbocycles. The number of aryl methyl sites for hydroxylation is 1. The van der Waals surface area contributed by atoms with Crippen molar-refractivity contribution < 1.29 is 22.6 Å². The Labute approximate surface area is 176 Å². The molecule has 30 heavy (non-hydrogen) atoms. The zero-order valence-corrected chi connectivity index (χ0v) is 17.4. The number of nitrogens with one attached hydrogen (secondary N) is 2. The predicted octanol–water partition coefficient (Wildman–Crippen LogP) is 1.58. The van der Waals surface area contributed by atoms with Crippen LogP contribution in [-0.2, 0) is 39.3 Å². The van der Waals surface area contributed by atoms with E-state index in [0.717, 1.165) is 17.5 Å². The summed E-state index contributed by atoms with van der Waals surface area (Å²) in [5.74, 6) is -0.388. The molecule has 2 aromatic carbocycles. The number of amides is 2. The summed E-state index contributed by atoms with van der Waals surface area (Å²) in [6.07, 6.45) is 2.04. The Morgan fingerprint density at radius 1 is 1.13 bits per heavy atom. The number of fused-ring (bicyclic) bond motifs is 1. The number of carbonyl (C=O) groups excluding carboxylic acids is 2. The summed E-state index contributed by atoms with van der Waals surface area (Å²) in [6, 6.07) is 13.9. The summed E-state index contributed by atoms with van der Waals surface area (Å²) in [7, 11) is -3.11. The first-order chi connectivity index (χ1) is 14.3. The van der Waals surface area contributed by atoms with E-state index in [1.807, 2.05) is 35.1 Å². The van der Waals surface area contributed by atoms with E-state index in [1.54, 1.807) is 6.07 Å². The average molecular weight is 431 g/mol. The minimum atomic E-state index is -4.64. The largest absolute Gasteiger partial charge is 0.731 e. The van der Waals surface area contributed by atoms with Crippen molar-refractivity contribution in [1.82, 2.24) is 10.2 Å². The Morgan fingerprint density at radius 3 is 2.53 bits per heavy atom. The number of hydrogen-bond acceptors (Lipinski definition) is 5. The summed E-state index contributed by atoms with van der Waals surface area (Å²) in [5, 5.41) is 2.61. The number of hydrogen-bond donors (Lipinski definition) is 2. The highest BCUT2D eigenvalue weighted by Gasteiger charge is 2.34. The van der Waals surface area contributed by atoms with Crippen molar-refractivity contribution in [1.29, 1.82) is 0 Å². The molecule has 0 fully saturated rings. The molecule has 1 aliphatic heterocycles. The molecular weight excluding hydrogens is 406 g/mol. The summed E-state index contributed by atoms with van der Waals surface area (Å²) in [6.45, 7) is 0.173. The Hall–Kier alpha value is -2.91. The first kappa shape index (κ1) is 21.8. The van der Waals surface area contributed by atoms with Gasteiger partial charge in [-0.3, -0.25) is 14.3 Å². The number of likely N-dealkylation sites (N-methyl/N-ethyl adjacent to an activating group) is 1. The van der Waals surface area contributed by atoms with Crippen LogP contribution in [0.2, 0.25) is 0 Å². The van der Waals surface area contributed by atoms with Gasteiger partial charge in [-0.15, -0.1) is 0 Å². The molecule has 1 aliphatic rings. The van der Waals surface area contributed by atoms with Crippen molar-refractivity contribution in [3.05, 3.63) is 65.2 Å². The summed E-state index contributed by atoms with van der Waals surface area (Å²) >= 11 is 0. The first-order valence-electron chi connectivity index (χ1n) is 9.67. The monoisotopic (exact) mass is 430 g/mol. The fraction of sp³-hybridized carbons (Fsp3) is 0.333. The van der Waals surface area contributed by atoms with Crippen LogP contribution in [0.15, 0.2) is 48.5 Å². The SMILES string of the molecule is CNC(=O)[C@@H]1Cc2ccc(NS(=O)(=O)[O-])cc2CN1C(=O)CCCc1ccccc1. The van der Waals surface area contributed by atoms with Crippen LogP contribution < -0.4 is 10.0 Å². The van der Waals surface area contributed by atoms with Gasteiger partial charge < -0.3 is 14.8 Å². The lowest BCUT2D eigenvalue weighted by Gasteiger charge is -2.36. The van der Waals surface area contributed by atoms with Gasteiger partial charge in [0.05, 0.1) is 0 Å². The first-order valence-corrected chi connectivity index (χ1v) is 11.1. The van der Waals surface area contributed by atoms with Gasteiger partial charge in [-0.1, -0.05) is 36.4 Å². The predicted molar refractivity (Wildman–Crippen MR) is 111 cm³/mol. The van der Waals surface area contributed by atoms with Crippen LogP contribution in [-0.4, -0.2) is 42.8 Å². The van der Waals surface area contributed by atoms with E-state index < -0.39 is 16.3 Å².